The monoisotopic (exact) mass is 355 g/mol. The fourth-order valence-corrected chi connectivity index (χ4v) is 4.69. The van der Waals surface area contributed by atoms with Crippen molar-refractivity contribution in [1.29, 1.82) is 0 Å². The van der Waals surface area contributed by atoms with Gasteiger partial charge in [-0.1, -0.05) is 30.3 Å². The highest BCUT2D eigenvalue weighted by Crippen LogP contribution is 2.41. The van der Waals surface area contributed by atoms with Gasteiger partial charge < -0.3 is 15.1 Å². The molecule has 3 amide bonds. The van der Waals surface area contributed by atoms with Crippen LogP contribution >= 0.6 is 0 Å². The first kappa shape index (κ1) is 17.1. The van der Waals surface area contributed by atoms with Gasteiger partial charge in [-0.3, -0.25) is 14.4 Å². The van der Waals surface area contributed by atoms with Crippen LogP contribution in [-0.4, -0.2) is 59.2 Å². The van der Waals surface area contributed by atoms with E-state index in [0.29, 0.717) is 32.5 Å². The second-order valence-electron chi connectivity index (χ2n) is 7.71. The van der Waals surface area contributed by atoms with Crippen LogP contribution in [0.1, 0.15) is 43.6 Å². The van der Waals surface area contributed by atoms with Crippen molar-refractivity contribution in [2.45, 2.75) is 43.6 Å². The van der Waals surface area contributed by atoms with Gasteiger partial charge in [0.25, 0.3) is 0 Å². The Hall–Kier alpha value is -2.37. The molecule has 3 saturated heterocycles. The van der Waals surface area contributed by atoms with Crippen LogP contribution in [0, 0.1) is 0 Å². The van der Waals surface area contributed by atoms with Crippen molar-refractivity contribution in [1.82, 2.24) is 15.1 Å². The molecule has 0 saturated carbocycles. The molecule has 0 bridgehead atoms. The van der Waals surface area contributed by atoms with Crippen molar-refractivity contribution in [2.24, 2.45) is 0 Å². The summed E-state index contributed by atoms with van der Waals surface area (Å²) in [6, 6.07) is 10.1. The van der Waals surface area contributed by atoms with E-state index in [1.54, 1.807) is 4.90 Å². The van der Waals surface area contributed by atoms with E-state index in [1.165, 1.54) is 0 Å². The molecule has 26 heavy (non-hydrogen) atoms. The average molecular weight is 355 g/mol. The molecule has 138 valence electrons. The second kappa shape index (κ2) is 6.74. The standard InChI is InChI=1S/C20H25N3O3/c24-17-8-4-10-20(21-17)14-23(12-16(20)15-6-2-1-3-7-15)19(26)13-22-11-5-9-18(22)25/h1-3,6-7,16H,4-5,8-14H2,(H,21,24)/t16-,20+/m0/s1. The van der Waals surface area contributed by atoms with Crippen molar-refractivity contribution in [2.75, 3.05) is 26.2 Å². The largest absolute Gasteiger partial charge is 0.348 e. The highest BCUT2D eigenvalue weighted by atomic mass is 16.2. The number of benzene rings is 1. The van der Waals surface area contributed by atoms with Gasteiger partial charge in [-0.15, -0.1) is 0 Å². The Morgan fingerprint density at radius 2 is 1.96 bits per heavy atom. The first-order chi connectivity index (χ1) is 12.6. The molecule has 1 aromatic carbocycles. The number of piperidine rings is 1. The third kappa shape index (κ3) is 3.08. The topological polar surface area (TPSA) is 69.7 Å². The van der Waals surface area contributed by atoms with E-state index in [-0.39, 0.29) is 35.7 Å². The van der Waals surface area contributed by atoms with Crippen LogP contribution in [0.4, 0.5) is 0 Å². The summed E-state index contributed by atoms with van der Waals surface area (Å²) in [5.74, 6) is 0.211. The molecule has 3 aliphatic rings. The normalized spacial score (nSPS) is 28.7. The van der Waals surface area contributed by atoms with Crippen LogP contribution in [-0.2, 0) is 14.4 Å². The van der Waals surface area contributed by atoms with Gasteiger partial charge in [-0.25, -0.2) is 0 Å². The van der Waals surface area contributed by atoms with Crippen LogP contribution in [0.3, 0.4) is 0 Å². The molecule has 1 N–H and O–H groups in total. The lowest BCUT2D eigenvalue weighted by Gasteiger charge is -2.39. The third-order valence-corrected chi connectivity index (χ3v) is 6.01. The zero-order valence-corrected chi connectivity index (χ0v) is 14.9. The number of carbonyl (C=O) groups excluding carboxylic acids is 3. The van der Waals surface area contributed by atoms with E-state index in [9.17, 15) is 14.4 Å². The Bertz CT molecular complexity index is 720. The van der Waals surface area contributed by atoms with Gasteiger partial charge in [-0.05, 0) is 24.8 Å². The maximum Gasteiger partial charge on any atom is 0.242 e. The molecule has 3 heterocycles. The molecule has 0 aromatic heterocycles. The Morgan fingerprint density at radius 3 is 2.65 bits per heavy atom. The van der Waals surface area contributed by atoms with E-state index in [0.717, 1.165) is 24.8 Å². The summed E-state index contributed by atoms with van der Waals surface area (Å²) < 4.78 is 0. The number of amides is 3. The van der Waals surface area contributed by atoms with Gasteiger partial charge in [-0.2, -0.15) is 0 Å². The maximum atomic E-state index is 12.9. The molecular weight excluding hydrogens is 330 g/mol. The van der Waals surface area contributed by atoms with Gasteiger partial charge >= 0.3 is 0 Å². The lowest BCUT2D eigenvalue weighted by molar-refractivity contribution is -0.138. The van der Waals surface area contributed by atoms with E-state index in [2.05, 4.69) is 17.4 Å². The minimum atomic E-state index is -0.388. The number of hydrogen-bond acceptors (Lipinski definition) is 3. The number of likely N-dealkylation sites (tertiary alicyclic amines) is 2. The molecule has 3 aliphatic heterocycles. The Morgan fingerprint density at radius 1 is 1.15 bits per heavy atom. The smallest absolute Gasteiger partial charge is 0.242 e. The Labute approximate surface area is 153 Å². The van der Waals surface area contributed by atoms with Gasteiger partial charge in [0.05, 0.1) is 12.1 Å². The highest BCUT2D eigenvalue weighted by molar-refractivity contribution is 5.86. The summed E-state index contributed by atoms with van der Waals surface area (Å²) in [6.07, 6.45) is 3.66. The molecule has 2 atom stereocenters. The summed E-state index contributed by atoms with van der Waals surface area (Å²) in [5.41, 5.74) is 0.767. The second-order valence-corrected chi connectivity index (χ2v) is 7.71. The summed E-state index contributed by atoms with van der Waals surface area (Å²) in [4.78, 5) is 40.3. The molecule has 4 rings (SSSR count). The average Bonchev–Trinajstić information content (AvgIpc) is 3.20. The van der Waals surface area contributed by atoms with Crippen LogP contribution in [0.25, 0.3) is 0 Å². The number of nitrogens with one attached hydrogen (secondary N) is 1. The van der Waals surface area contributed by atoms with Crippen molar-refractivity contribution in [3.05, 3.63) is 35.9 Å². The molecule has 0 aliphatic carbocycles. The van der Waals surface area contributed by atoms with Gasteiger partial charge in [0.15, 0.2) is 0 Å². The van der Waals surface area contributed by atoms with Crippen LogP contribution in [0.5, 0.6) is 0 Å². The molecule has 1 aromatic rings. The Balaban J connectivity index is 1.56. The number of carbonyl (C=O) groups is 3. The fraction of sp³-hybridized carbons (Fsp3) is 0.550. The SMILES string of the molecule is O=C1CCC[C@]2(CN(C(=O)CN3CCCC3=O)C[C@H]2c2ccccc2)N1. The Kier molecular flexibility index (Phi) is 4.42. The van der Waals surface area contributed by atoms with Crippen LogP contribution in [0.2, 0.25) is 0 Å². The molecular formula is C20H25N3O3. The van der Waals surface area contributed by atoms with Crippen molar-refractivity contribution in [3.8, 4) is 0 Å². The van der Waals surface area contributed by atoms with Crippen LogP contribution < -0.4 is 5.32 Å². The molecule has 0 radical (unpaired) electrons. The minimum absolute atomic E-state index is 0.0159. The third-order valence-electron chi connectivity index (χ3n) is 6.01. The molecule has 6 heteroatoms. The van der Waals surface area contributed by atoms with Crippen LogP contribution in [0.15, 0.2) is 30.3 Å². The molecule has 6 nitrogen and oxygen atoms in total. The zero-order valence-electron chi connectivity index (χ0n) is 14.9. The number of hydrogen-bond donors (Lipinski definition) is 1. The zero-order chi connectivity index (χ0) is 18.1. The number of rotatable bonds is 3. The lowest BCUT2D eigenvalue weighted by atomic mass is 9.76. The van der Waals surface area contributed by atoms with Crippen molar-refractivity contribution < 1.29 is 14.4 Å². The van der Waals surface area contributed by atoms with E-state index >= 15 is 0 Å². The number of nitrogens with zero attached hydrogens (tertiary/aromatic N) is 2. The predicted octanol–water partition coefficient (Wildman–Crippen LogP) is 1.27. The van der Waals surface area contributed by atoms with Gasteiger partial charge in [0.1, 0.15) is 0 Å². The minimum Gasteiger partial charge on any atom is -0.348 e. The van der Waals surface area contributed by atoms with E-state index in [1.807, 2.05) is 23.1 Å². The van der Waals surface area contributed by atoms with E-state index in [4.69, 9.17) is 0 Å². The maximum absolute atomic E-state index is 12.9. The highest BCUT2D eigenvalue weighted by Gasteiger charge is 2.50. The first-order valence-corrected chi connectivity index (χ1v) is 9.49. The fourth-order valence-electron chi connectivity index (χ4n) is 4.69. The quantitative estimate of drug-likeness (QED) is 0.888. The van der Waals surface area contributed by atoms with E-state index < -0.39 is 0 Å². The van der Waals surface area contributed by atoms with Gasteiger partial charge in [0.2, 0.25) is 17.7 Å². The predicted molar refractivity (Wildman–Crippen MR) is 96.3 cm³/mol. The summed E-state index contributed by atoms with van der Waals surface area (Å²) in [5, 5.41) is 3.21. The first-order valence-electron chi connectivity index (χ1n) is 9.49. The van der Waals surface area contributed by atoms with Crippen molar-refractivity contribution >= 4 is 17.7 Å². The lowest BCUT2D eigenvalue weighted by Crippen LogP contribution is -2.56. The molecule has 1 spiro atoms. The van der Waals surface area contributed by atoms with Gasteiger partial charge in [0, 0.05) is 38.4 Å². The summed E-state index contributed by atoms with van der Waals surface area (Å²) in [7, 11) is 0. The molecule has 3 fully saturated rings. The summed E-state index contributed by atoms with van der Waals surface area (Å²) >= 11 is 0. The molecule has 0 unspecified atom stereocenters. The van der Waals surface area contributed by atoms with Crippen molar-refractivity contribution in [3.63, 3.8) is 0 Å². The summed E-state index contributed by atoms with van der Waals surface area (Å²) in [6.45, 7) is 1.94.